The van der Waals surface area contributed by atoms with Crippen LogP contribution in [0.1, 0.15) is 28.8 Å². The van der Waals surface area contributed by atoms with Gasteiger partial charge in [-0.15, -0.1) is 12.4 Å². The van der Waals surface area contributed by atoms with Crippen molar-refractivity contribution in [3.63, 3.8) is 0 Å². The molecule has 0 aliphatic carbocycles. The van der Waals surface area contributed by atoms with Crippen molar-refractivity contribution in [3.05, 3.63) is 35.4 Å². The van der Waals surface area contributed by atoms with Gasteiger partial charge in [-0.05, 0) is 56.0 Å². The van der Waals surface area contributed by atoms with Crippen molar-refractivity contribution < 1.29 is 9.53 Å². The first-order valence-corrected chi connectivity index (χ1v) is 6.17. The van der Waals surface area contributed by atoms with E-state index in [4.69, 9.17) is 4.74 Å². The second-order valence-corrected chi connectivity index (χ2v) is 4.59. The molecule has 1 fully saturated rings. The molecular weight excluding hydrogens is 250 g/mol. The molecule has 3 nitrogen and oxygen atoms in total. The van der Waals surface area contributed by atoms with Gasteiger partial charge < -0.3 is 10.1 Å². The average molecular weight is 270 g/mol. The number of carbonyl (C=O) groups is 1. The highest BCUT2D eigenvalue weighted by Crippen LogP contribution is 2.18. The van der Waals surface area contributed by atoms with Crippen LogP contribution in [0.5, 0.6) is 0 Å². The second kappa shape index (κ2) is 7.39. The van der Waals surface area contributed by atoms with E-state index in [2.05, 4.69) is 11.4 Å². The molecule has 1 aliphatic heterocycles. The van der Waals surface area contributed by atoms with Crippen LogP contribution in [0.25, 0.3) is 0 Å². The van der Waals surface area contributed by atoms with Crippen LogP contribution < -0.4 is 5.32 Å². The molecule has 1 N–H and O–H groups in total. The summed E-state index contributed by atoms with van der Waals surface area (Å²) in [5.74, 6) is 0.487. The van der Waals surface area contributed by atoms with Gasteiger partial charge >= 0.3 is 5.97 Å². The number of nitrogens with one attached hydrogen (secondary N) is 1. The minimum Gasteiger partial charge on any atom is -0.465 e. The number of hydrogen-bond donors (Lipinski definition) is 1. The number of methoxy groups -OCH3 is 1. The van der Waals surface area contributed by atoms with Gasteiger partial charge in [0.25, 0.3) is 0 Å². The molecule has 0 bridgehead atoms. The van der Waals surface area contributed by atoms with E-state index >= 15 is 0 Å². The lowest BCUT2D eigenvalue weighted by atomic mass is 9.90. The van der Waals surface area contributed by atoms with Crippen LogP contribution in [-0.4, -0.2) is 26.2 Å². The monoisotopic (exact) mass is 269 g/mol. The van der Waals surface area contributed by atoms with Gasteiger partial charge in [-0.25, -0.2) is 4.79 Å². The molecule has 1 heterocycles. The SMILES string of the molecule is COC(=O)c1cccc(CC2CCNCC2)c1.Cl. The zero-order chi connectivity index (χ0) is 12.1. The second-order valence-electron chi connectivity index (χ2n) is 4.59. The molecule has 18 heavy (non-hydrogen) atoms. The third kappa shape index (κ3) is 4.00. The summed E-state index contributed by atoms with van der Waals surface area (Å²) < 4.78 is 4.73. The largest absolute Gasteiger partial charge is 0.465 e. The zero-order valence-corrected chi connectivity index (χ0v) is 11.5. The fourth-order valence-corrected chi connectivity index (χ4v) is 2.36. The van der Waals surface area contributed by atoms with Crippen molar-refractivity contribution in [1.82, 2.24) is 5.32 Å². The summed E-state index contributed by atoms with van der Waals surface area (Å²) in [5.41, 5.74) is 1.89. The van der Waals surface area contributed by atoms with Gasteiger partial charge in [0.15, 0.2) is 0 Å². The van der Waals surface area contributed by atoms with Crippen molar-refractivity contribution >= 4 is 18.4 Å². The number of hydrogen-bond acceptors (Lipinski definition) is 3. The van der Waals surface area contributed by atoms with Gasteiger partial charge in [-0.3, -0.25) is 0 Å². The van der Waals surface area contributed by atoms with Crippen LogP contribution in [0.15, 0.2) is 24.3 Å². The molecule has 100 valence electrons. The molecule has 0 aromatic heterocycles. The minimum atomic E-state index is -0.253. The summed E-state index contributed by atoms with van der Waals surface area (Å²) in [6.45, 7) is 2.22. The van der Waals surface area contributed by atoms with Gasteiger partial charge in [-0.1, -0.05) is 12.1 Å². The Morgan fingerprint density at radius 3 is 2.78 bits per heavy atom. The fraction of sp³-hybridized carbons (Fsp3) is 0.500. The maximum absolute atomic E-state index is 11.4. The summed E-state index contributed by atoms with van der Waals surface area (Å²) in [6, 6.07) is 7.78. The predicted octanol–water partition coefficient (Wildman–Crippen LogP) is 2.44. The van der Waals surface area contributed by atoms with Crippen molar-refractivity contribution in [2.24, 2.45) is 5.92 Å². The Labute approximate surface area is 114 Å². The van der Waals surface area contributed by atoms with Crippen LogP contribution in [0.2, 0.25) is 0 Å². The van der Waals surface area contributed by atoms with Crippen molar-refractivity contribution in [2.75, 3.05) is 20.2 Å². The smallest absolute Gasteiger partial charge is 0.337 e. The molecule has 1 aliphatic rings. The molecule has 0 radical (unpaired) electrons. The minimum absolute atomic E-state index is 0. The summed E-state index contributed by atoms with van der Waals surface area (Å²) in [5, 5.41) is 3.37. The third-order valence-electron chi connectivity index (χ3n) is 3.33. The first-order chi connectivity index (χ1) is 8.29. The number of halogens is 1. The highest BCUT2D eigenvalue weighted by atomic mass is 35.5. The van der Waals surface area contributed by atoms with E-state index in [-0.39, 0.29) is 18.4 Å². The Kier molecular flexibility index (Phi) is 6.16. The van der Waals surface area contributed by atoms with E-state index in [0.717, 1.165) is 25.4 Å². The number of esters is 1. The molecule has 1 aromatic carbocycles. The quantitative estimate of drug-likeness (QED) is 0.857. The highest BCUT2D eigenvalue weighted by Gasteiger charge is 2.14. The van der Waals surface area contributed by atoms with E-state index in [1.54, 1.807) is 6.07 Å². The van der Waals surface area contributed by atoms with Crippen LogP contribution in [0.4, 0.5) is 0 Å². The maximum Gasteiger partial charge on any atom is 0.337 e. The lowest BCUT2D eigenvalue weighted by Gasteiger charge is -2.22. The Morgan fingerprint density at radius 1 is 1.39 bits per heavy atom. The Morgan fingerprint density at radius 2 is 2.11 bits per heavy atom. The number of benzene rings is 1. The van der Waals surface area contributed by atoms with Crippen molar-refractivity contribution in [1.29, 1.82) is 0 Å². The molecule has 0 amide bonds. The van der Waals surface area contributed by atoms with E-state index in [1.165, 1.54) is 25.5 Å². The number of ether oxygens (including phenoxy) is 1. The molecule has 4 heteroatoms. The van der Waals surface area contributed by atoms with E-state index in [0.29, 0.717) is 5.56 Å². The summed E-state index contributed by atoms with van der Waals surface area (Å²) in [7, 11) is 1.42. The number of rotatable bonds is 3. The molecular formula is C14H20ClNO2. The Hall–Kier alpha value is -1.06. The van der Waals surface area contributed by atoms with Gasteiger partial charge in [0.1, 0.15) is 0 Å². The average Bonchev–Trinajstić information content (AvgIpc) is 2.39. The first-order valence-electron chi connectivity index (χ1n) is 6.17. The highest BCUT2D eigenvalue weighted by molar-refractivity contribution is 5.89. The summed E-state index contributed by atoms with van der Waals surface area (Å²) >= 11 is 0. The molecule has 0 unspecified atom stereocenters. The van der Waals surface area contributed by atoms with Gasteiger partial charge in [0, 0.05) is 0 Å². The van der Waals surface area contributed by atoms with E-state index < -0.39 is 0 Å². The van der Waals surface area contributed by atoms with Gasteiger partial charge in [0.05, 0.1) is 12.7 Å². The van der Waals surface area contributed by atoms with Gasteiger partial charge in [-0.2, -0.15) is 0 Å². The van der Waals surface area contributed by atoms with Crippen LogP contribution in [0.3, 0.4) is 0 Å². The van der Waals surface area contributed by atoms with Crippen molar-refractivity contribution in [3.8, 4) is 0 Å². The number of carbonyl (C=O) groups excluding carboxylic acids is 1. The molecule has 0 spiro atoms. The molecule has 0 atom stereocenters. The first kappa shape index (κ1) is 15.0. The van der Waals surface area contributed by atoms with Crippen molar-refractivity contribution in [2.45, 2.75) is 19.3 Å². The van der Waals surface area contributed by atoms with Crippen LogP contribution in [0, 0.1) is 5.92 Å². The van der Waals surface area contributed by atoms with E-state index in [1.807, 2.05) is 12.1 Å². The van der Waals surface area contributed by atoms with Gasteiger partial charge in [0.2, 0.25) is 0 Å². The fourth-order valence-electron chi connectivity index (χ4n) is 2.36. The maximum atomic E-state index is 11.4. The van der Waals surface area contributed by atoms with Crippen LogP contribution in [-0.2, 0) is 11.2 Å². The Balaban J connectivity index is 0.00000162. The predicted molar refractivity (Wildman–Crippen MR) is 74.3 cm³/mol. The zero-order valence-electron chi connectivity index (χ0n) is 10.6. The lowest BCUT2D eigenvalue weighted by Crippen LogP contribution is -2.28. The summed E-state index contributed by atoms with van der Waals surface area (Å²) in [6.07, 6.45) is 3.51. The Bertz CT molecular complexity index is 389. The standard InChI is InChI=1S/C14H19NO2.ClH/c1-17-14(16)13-4-2-3-12(10-13)9-11-5-7-15-8-6-11;/h2-4,10-11,15H,5-9H2,1H3;1H. The molecule has 0 saturated carbocycles. The topological polar surface area (TPSA) is 38.3 Å². The summed E-state index contributed by atoms with van der Waals surface area (Å²) in [4.78, 5) is 11.4. The van der Waals surface area contributed by atoms with E-state index in [9.17, 15) is 4.79 Å². The molecule has 1 aromatic rings. The number of piperidine rings is 1. The lowest BCUT2D eigenvalue weighted by molar-refractivity contribution is 0.0600. The normalized spacial score (nSPS) is 15.8. The van der Waals surface area contributed by atoms with Crippen LogP contribution >= 0.6 is 12.4 Å². The third-order valence-corrected chi connectivity index (χ3v) is 3.33. The molecule has 1 saturated heterocycles. The molecule has 2 rings (SSSR count).